The number of ether oxygens (including phenoxy) is 2. The maximum Gasteiger partial charge on any atom is 0.329 e. The Hall–Kier alpha value is -0.610. The van der Waals surface area contributed by atoms with Gasteiger partial charge in [0.15, 0.2) is 0 Å². The Labute approximate surface area is 122 Å². The van der Waals surface area contributed by atoms with Crippen molar-refractivity contribution < 1.29 is 14.3 Å². The Morgan fingerprint density at radius 1 is 1.20 bits per heavy atom. The standard InChI is InChI=1S/C16H29NO3/c1-4-19-15(18)16(17-3,13-7-8-13)11-20-14-9-5-12(2)6-10-14/h12-14,17H,4-11H2,1-3H3. The largest absolute Gasteiger partial charge is 0.465 e. The number of esters is 1. The third-order valence-corrected chi connectivity index (χ3v) is 4.87. The molecule has 116 valence electrons. The van der Waals surface area contributed by atoms with E-state index in [1.807, 2.05) is 14.0 Å². The van der Waals surface area contributed by atoms with Crippen LogP contribution in [0.25, 0.3) is 0 Å². The van der Waals surface area contributed by atoms with E-state index in [-0.39, 0.29) is 5.97 Å². The van der Waals surface area contributed by atoms with Crippen molar-refractivity contribution in [3.05, 3.63) is 0 Å². The van der Waals surface area contributed by atoms with Gasteiger partial charge >= 0.3 is 5.97 Å². The van der Waals surface area contributed by atoms with Crippen LogP contribution in [-0.4, -0.2) is 37.9 Å². The number of carbonyl (C=O) groups is 1. The minimum absolute atomic E-state index is 0.144. The second kappa shape index (κ2) is 6.90. The highest BCUT2D eigenvalue weighted by Gasteiger charge is 2.51. The number of hydrogen-bond acceptors (Lipinski definition) is 4. The fraction of sp³-hybridized carbons (Fsp3) is 0.938. The van der Waals surface area contributed by atoms with Crippen LogP contribution in [0.5, 0.6) is 0 Å². The van der Waals surface area contributed by atoms with Crippen molar-refractivity contribution in [3.63, 3.8) is 0 Å². The number of likely N-dealkylation sites (N-methyl/N-ethyl adjacent to an activating group) is 1. The highest BCUT2D eigenvalue weighted by Crippen LogP contribution is 2.41. The Kier molecular flexibility index (Phi) is 5.44. The average Bonchev–Trinajstić information content (AvgIpc) is 3.27. The molecule has 0 radical (unpaired) electrons. The Bertz CT molecular complexity index is 322. The monoisotopic (exact) mass is 283 g/mol. The molecule has 2 saturated carbocycles. The van der Waals surface area contributed by atoms with Crippen molar-refractivity contribution >= 4 is 5.97 Å². The van der Waals surface area contributed by atoms with Gasteiger partial charge in [-0.15, -0.1) is 0 Å². The summed E-state index contributed by atoms with van der Waals surface area (Å²) in [5.41, 5.74) is -0.626. The lowest BCUT2D eigenvalue weighted by Gasteiger charge is -2.34. The summed E-state index contributed by atoms with van der Waals surface area (Å²) in [5, 5.41) is 3.21. The van der Waals surface area contributed by atoms with E-state index in [1.165, 1.54) is 12.8 Å². The highest BCUT2D eigenvalue weighted by molar-refractivity contribution is 5.82. The lowest BCUT2D eigenvalue weighted by Crippen LogP contribution is -2.57. The van der Waals surface area contributed by atoms with Crippen molar-refractivity contribution in [2.24, 2.45) is 11.8 Å². The van der Waals surface area contributed by atoms with Crippen LogP contribution >= 0.6 is 0 Å². The minimum atomic E-state index is -0.626. The molecule has 2 rings (SSSR count). The molecule has 0 amide bonds. The van der Waals surface area contributed by atoms with Crippen molar-refractivity contribution in [2.75, 3.05) is 20.3 Å². The van der Waals surface area contributed by atoms with Gasteiger partial charge in [-0.3, -0.25) is 0 Å². The average molecular weight is 283 g/mol. The molecule has 20 heavy (non-hydrogen) atoms. The fourth-order valence-corrected chi connectivity index (χ4v) is 3.20. The number of nitrogens with one attached hydrogen (secondary N) is 1. The normalized spacial score (nSPS) is 29.8. The van der Waals surface area contributed by atoms with Crippen LogP contribution in [0.2, 0.25) is 0 Å². The van der Waals surface area contributed by atoms with E-state index in [0.29, 0.717) is 25.2 Å². The topological polar surface area (TPSA) is 47.6 Å². The van der Waals surface area contributed by atoms with Crippen molar-refractivity contribution in [2.45, 2.75) is 64.0 Å². The maximum atomic E-state index is 12.3. The third-order valence-electron chi connectivity index (χ3n) is 4.87. The Balaban J connectivity index is 1.92. The van der Waals surface area contributed by atoms with Crippen LogP contribution in [0, 0.1) is 11.8 Å². The summed E-state index contributed by atoms with van der Waals surface area (Å²) in [6.07, 6.45) is 7.20. The van der Waals surface area contributed by atoms with Gasteiger partial charge in [-0.1, -0.05) is 6.92 Å². The summed E-state index contributed by atoms with van der Waals surface area (Å²) in [6, 6.07) is 0. The molecule has 0 heterocycles. The molecular formula is C16H29NO3. The van der Waals surface area contributed by atoms with Gasteiger partial charge in [0.1, 0.15) is 5.54 Å². The van der Waals surface area contributed by atoms with E-state index in [1.54, 1.807) is 0 Å². The van der Waals surface area contributed by atoms with Gasteiger partial charge < -0.3 is 14.8 Å². The maximum absolute atomic E-state index is 12.3. The summed E-state index contributed by atoms with van der Waals surface area (Å²) in [7, 11) is 1.85. The van der Waals surface area contributed by atoms with Gasteiger partial charge in [-0.05, 0) is 64.3 Å². The molecule has 2 aliphatic carbocycles. The van der Waals surface area contributed by atoms with Crippen LogP contribution in [0.3, 0.4) is 0 Å². The first-order chi connectivity index (χ1) is 9.62. The summed E-state index contributed by atoms with van der Waals surface area (Å²) in [4.78, 5) is 12.3. The molecule has 0 spiro atoms. The third kappa shape index (κ3) is 3.53. The van der Waals surface area contributed by atoms with Crippen LogP contribution in [0.4, 0.5) is 0 Å². The quantitative estimate of drug-likeness (QED) is 0.729. The molecule has 2 aliphatic rings. The minimum Gasteiger partial charge on any atom is -0.465 e. The SMILES string of the molecule is CCOC(=O)C(COC1CCC(C)CC1)(NC)C1CC1. The first-order valence-corrected chi connectivity index (χ1v) is 8.10. The Morgan fingerprint density at radius 3 is 2.35 bits per heavy atom. The van der Waals surface area contributed by atoms with Crippen LogP contribution in [-0.2, 0) is 14.3 Å². The lowest BCUT2D eigenvalue weighted by atomic mass is 9.88. The lowest BCUT2D eigenvalue weighted by molar-refractivity contribution is -0.157. The zero-order chi connectivity index (χ0) is 14.6. The second-order valence-corrected chi connectivity index (χ2v) is 6.41. The predicted molar refractivity (Wildman–Crippen MR) is 78.5 cm³/mol. The Morgan fingerprint density at radius 2 is 1.85 bits per heavy atom. The number of carbonyl (C=O) groups excluding carboxylic acids is 1. The van der Waals surface area contributed by atoms with Gasteiger partial charge in [0.25, 0.3) is 0 Å². The molecular weight excluding hydrogens is 254 g/mol. The van der Waals surface area contributed by atoms with Crippen molar-refractivity contribution in [3.8, 4) is 0 Å². The van der Waals surface area contributed by atoms with Crippen LogP contribution in [0.1, 0.15) is 52.4 Å². The highest BCUT2D eigenvalue weighted by atomic mass is 16.5. The first kappa shape index (κ1) is 15.8. The summed E-state index contributed by atoms with van der Waals surface area (Å²) in [5.74, 6) is 1.04. The molecule has 0 aromatic rings. The first-order valence-electron chi connectivity index (χ1n) is 8.10. The number of hydrogen-bond donors (Lipinski definition) is 1. The zero-order valence-corrected chi connectivity index (χ0v) is 13.1. The molecule has 1 atom stereocenters. The van der Waals surface area contributed by atoms with Crippen molar-refractivity contribution in [1.29, 1.82) is 0 Å². The molecule has 0 saturated heterocycles. The summed E-state index contributed by atoms with van der Waals surface area (Å²) in [6.45, 7) is 5.04. The van der Waals surface area contributed by atoms with E-state index < -0.39 is 5.54 Å². The van der Waals surface area contributed by atoms with Gasteiger partial charge in [-0.25, -0.2) is 4.79 Å². The molecule has 0 aliphatic heterocycles. The summed E-state index contributed by atoms with van der Waals surface area (Å²) >= 11 is 0. The molecule has 0 aromatic carbocycles. The van der Waals surface area contributed by atoms with E-state index in [4.69, 9.17) is 9.47 Å². The van der Waals surface area contributed by atoms with Gasteiger partial charge in [0.2, 0.25) is 0 Å². The van der Waals surface area contributed by atoms with Crippen LogP contribution in [0.15, 0.2) is 0 Å². The molecule has 0 aromatic heterocycles. The molecule has 4 heteroatoms. The van der Waals surface area contributed by atoms with E-state index in [9.17, 15) is 4.79 Å². The van der Waals surface area contributed by atoms with Gasteiger partial charge in [0, 0.05) is 0 Å². The van der Waals surface area contributed by atoms with Crippen LogP contribution < -0.4 is 5.32 Å². The summed E-state index contributed by atoms with van der Waals surface area (Å²) < 4.78 is 11.4. The van der Waals surface area contributed by atoms with Crippen molar-refractivity contribution in [1.82, 2.24) is 5.32 Å². The predicted octanol–water partition coefficient (Wildman–Crippen LogP) is 2.51. The second-order valence-electron chi connectivity index (χ2n) is 6.41. The fourth-order valence-electron chi connectivity index (χ4n) is 3.20. The molecule has 2 fully saturated rings. The van der Waals surface area contributed by atoms with E-state index in [0.717, 1.165) is 31.6 Å². The molecule has 1 N–H and O–H groups in total. The zero-order valence-electron chi connectivity index (χ0n) is 13.1. The number of rotatable bonds is 7. The smallest absolute Gasteiger partial charge is 0.329 e. The van der Waals surface area contributed by atoms with E-state index >= 15 is 0 Å². The molecule has 1 unspecified atom stereocenters. The molecule has 4 nitrogen and oxygen atoms in total. The van der Waals surface area contributed by atoms with Gasteiger partial charge in [0.05, 0.1) is 19.3 Å². The van der Waals surface area contributed by atoms with Gasteiger partial charge in [-0.2, -0.15) is 0 Å². The molecule has 0 bridgehead atoms. The van der Waals surface area contributed by atoms with E-state index in [2.05, 4.69) is 12.2 Å².